The van der Waals surface area contributed by atoms with E-state index in [1.54, 1.807) is 6.20 Å². The van der Waals surface area contributed by atoms with Gasteiger partial charge < -0.3 is 10.6 Å². The van der Waals surface area contributed by atoms with Crippen LogP contribution in [0.3, 0.4) is 0 Å². The average molecular weight is 256 g/mol. The van der Waals surface area contributed by atoms with Gasteiger partial charge in [0, 0.05) is 12.2 Å². The molecular formula is C15H20N4. The van der Waals surface area contributed by atoms with Crippen molar-refractivity contribution in [3.8, 4) is 0 Å². The van der Waals surface area contributed by atoms with E-state index in [4.69, 9.17) is 5.73 Å². The lowest BCUT2D eigenvalue weighted by Crippen LogP contribution is -2.24. The Bertz CT molecular complexity index is 566. The van der Waals surface area contributed by atoms with Crippen molar-refractivity contribution in [1.82, 2.24) is 9.97 Å². The minimum atomic E-state index is 0.700. The summed E-state index contributed by atoms with van der Waals surface area (Å²) < 4.78 is 0. The summed E-state index contributed by atoms with van der Waals surface area (Å²) in [5.41, 5.74) is 9.63. The Morgan fingerprint density at radius 1 is 1.26 bits per heavy atom. The second-order valence-electron chi connectivity index (χ2n) is 4.69. The van der Waals surface area contributed by atoms with Gasteiger partial charge in [0.15, 0.2) is 0 Å². The lowest BCUT2D eigenvalue weighted by atomic mass is 10.2. The van der Waals surface area contributed by atoms with E-state index < -0.39 is 0 Å². The van der Waals surface area contributed by atoms with E-state index in [0.29, 0.717) is 5.69 Å². The van der Waals surface area contributed by atoms with Gasteiger partial charge in [-0.2, -0.15) is 0 Å². The molecule has 0 aliphatic heterocycles. The number of rotatable bonds is 4. The molecule has 0 radical (unpaired) electrons. The second-order valence-corrected chi connectivity index (χ2v) is 4.69. The van der Waals surface area contributed by atoms with Gasteiger partial charge in [-0.15, -0.1) is 0 Å². The van der Waals surface area contributed by atoms with Crippen molar-refractivity contribution in [3.05, 3.63) is 47.4 Å². The standard InChI is InChI=1S/C15H20N4/c1-4-19(10-14-7-5-6-12(3)18-14)15-11(2)8-13(16)9-17-15/h5-9H,4,10,16H2,1-3H3. The summed E-state index contributed by atoms with van der Waals surface area (Å²) in [7, 11) is 0. The molecule has 100 valence electrons. The highest BCUT2D eigenvalue weighted by atomic mass is 15.2. The number of hydrogen-bond acceptors (Lipinski definition) is 4. The number of aromatic nitrogens is 2. The molecule has 2 aromatic heterocycles. The van der Waals surface area contributed by atoms with Crippen LogP contribution in [0.2, 0.25) is 0 Å². The van der Waals surface area contributed by atoms with Crippen molar-refractivity contribution < 1.29 is 0 Å². The predicted molar refractivity (Wildman–Crippen MR) is 79.1 cm³/mol. The Hall–Kier alpha value is -2.10. The first-order valence-corrected chi connectivity index (χ1v) is 6.49. The van der Waals surface area contributed by atoms with Crippen LogP contribution in [0.4, 0.5) is 11.5 Å². The van der Waals surface area contributed by atoms with Crippen molar-refractivity contribution in [2.45, 2.75) is 27.3 Å². The van der Waals surface area contributed by atoms with Gasteiger partial charge in [0.1, 0.15) is 5.82 Å². The van der Waals surface area contributed by atoms with Crippen molar-refractivity contribution in [2.24, 2.45) is 0 Å². The molecule has 0 aliphatic rings. The summed E-state index contributed by atoms with van der Waals surface area (Å²) in [5, 5.41) is 0. The van der Waals surface area contributed by atoms with Gasteiger partial charge in [-0.25, -0.2) is 4.98 Å². The Labute approximate surface area is 114 Å². The van der Waals surface area contributed by atoms with E-state index in [0.717, 1.165) is 35.9 Å². The fourth-order valence-electron chi connectivity index (χ4n) is 2.14. The first kappa shape index (κ1) is 13.3. The molecule has 2 rings (SSSR count). The number of nitrogen functional groups attached to an aromatic ring is 1. The fourth-order valence-corrected chi connectivity index (χ4v) is 2.14. The molecule has 2 aromatic rings. The van der Waals surface area contributed by atoms with Gasteiger partial charge in [-0.3, -0.25) is 4.98 Å². The van der Waals surface area contributed by atoms with Crippen LogP contribution < -0.4 is 10.6 Å². The van der Waals surface area contributed by atoms with Crippen molar-refractivity contribution in [2.75, 3.05) is 17.2 Å². The van der Waals surface area contributed by atoms with Crippen LogP contribution in [-0.4, -0.2) is 16.5 Å². The third kappa shape index (κ3) is 3.22. The topological polar surface area (TPSA) is 55.0 Å². The lowest BCUT2D eigenvalue weighted by molar-refractivity contribution is 0.787. The van der Waals surface area contributed by atoms with Crippen molar-refractivity contribution >= 4 is 11.5 Å². The molecule has 0 spiro atoms. The van der Waals surface area contributed by atoms with Crippen LogP contribution in [0.25, 0.3) is 0 Å². The van der Waals surface area contributed by atoms with Gasteiger partial charge in [-0.05, 0) is 44.5 Å². The van der Waals surface area contributed by atoms with Gasteiger partial charge in [0.25, 0.3) is 0 Å². The molecule has 19 heavy (non-hydrogen) atoms. The van der Waals surface area contributed by atoms with Crippen molar-refractivity contribution in [1.29, 1.82) is 0 Å². The minimum absolute atomic E-state index is 0.700. The highest BCUT2D eigenvalue weighted by Gasteiger charge is 2.10. The van der Waals surface area contributed by atoms with Gasteiger partial charge >= 0.3 is 0 Å². The number of nitrogens with zero attached hydrogens (tertiary/aromatic N) is 3. The maximum atomic E-state index is 5.75. The summed E-state index contributed by atoms with van der Waals surface area (Å²) in [6.45, 7) is 7.80. The van der Waals surface area contributed by atoms with E-state index >= 15 is 0 Å². The van der Waals surface area contributed by atoms with Crippen LogP contribution in [0.5, 0.6) is 0 Å². The first-order valence-electron chi connectivity index (χ1n) is 6.49. The van der Waals surface area contributed by atoms with Crippen LogP contribution in [0.1, 0.15) is 23.9 Å². The Morgan fingerprint density at radius 2 is 2.05 bits per heavy atom. The maximum Gasteiger partial charge on any atom is 0.131 e. The molecule has 0 amide bonds. The number of anilines is 2. The molecule has 0 aliphatic carbocycles. The van der Waals surface area contributed by atoms with Crippen LogP contribution in [-0.2, 0) is 6.54 Å². The fraction of sp³-hybridized carbons (Fsp3) is 0.333. The molecule has 0 atom stereocenters. The summed E-state index contributed by atoms with van der Waals surface area (Å²) in [4.78, 5) is 11.2. The monoisotopic (exact) mass is 256 g/mol. The number of hydrogen-bond donors (Lipinski definition) is 1. The SMILES string of the molecule is CCN(Cc1cccc(C)n1)c1ncc(N)cc1C. The normalized spacial score (nSPS) is 10.5. The molecule has 4 heteroatoms. The van der Waals surface area contributed by atoms with Gasteiger partial charge in [0.2, 0.25) is 0 Å². The number of nitrogens with two attached hydrogens (primary N) is 1. The average Bonchev–Trinajstić information content (AvgIpc) is 2.37. The number of aryl methyl sites for hydroxylation is 2. The third-order valence-electron chi connectivity index (χ3n) is 3.05. The molecule has 0 aromatic carbocycles. The molecule has 0 saturated heterocycles. The largest absolute Gasteiger partial charge is 0.397 e. The Morgan fingerprint density at radius 3 is 2.68 bits per heavy atom. The third-order valence-corrected chi connectivity index (χ3v) is 3.05. The molecule has 2 N–H and O–H groups in total. The molecule has 0 saturated carbocycles. The maximum absolute atomic E-state index is 5.75. The Kier molecular flexibility index (Phi) is 4.00. The smallest absolute Gasteiger partial charge is 0.131 e. The predicted octanol–water partition coefficient (Wildman–Crippen LogP) is 2.70. The first-order chi connectivity index (χ1) is 9.10. The lowest BCUT2D eigenvalue weighted by Gasteiger charge is -2.23. The zero-order valence-electron chi connectivity index (χ0n) is 11.7. The molecule has 0 fully saturated rings. The number of pyridine rings is 2. The molecule has 2 heterocycles. The zero-order valence-corrected chi connectivity index (χ0v) is 11.7. The molecule has 0 bridgehead atoms. The second kappa shape index (κ2) is 5.69. The Balaban J connectivity index is 2.25. The van der Waals surface area contributed by atoms with Crippen molar-refractivity contribution in [3.63, 3.8) is 0 Å². The highest BCUT2D eigenvalue weighted by molar-refractivity contribution is 5.52. The summed E-state index contributed by atoms with van der Waals surface area (Å²) >= 11 is 0. The quantitative estimate of drug-likeness (QED) is 0.913. The summed E-state index contributed by atoms with van der Waals surface area (Å²) in [6.07, 6.45) is 1.70. The minimum Gasteiger partial charge on any atom is -0.397 e. The summed E-state index contributed by atoms with van der Waals surface area (Å²) in [6, 6.07) is 8.04. The molecule has 4 nitrogen and oxygen atoms in total. The van der Waals surface area contributed by atoms with Crippen LogP contribution in [0, 0.1) is 13.8 Å². The zero-order chi connectivity index (χ0) is 13.8. The van der Waals surface area contributed by atoms with E-state index in [2.05, 4.69) is 21.8 Å². The van der Waals surface area contributed by atoms with Gasteiger partial charge in [-0.1, -0.05) is 6.07 Å². The van der Waals surface area contributed by atoms with E-state index in [1.807, 2.05) is 38.1 Å². The van der Waals surface area contributed by atoms with E-state index in [9.17, 15) is 0 Å². The highest BCUT2D eigenvalue weighted by Crippen LogP contribution is 2.20. The molecule has 0 unspecified atom stereocenters. The summed E-state index contributed by atoms with van der Waals surface area (Å²) in [5.74, 6) is 0.972. The molecular weight excluding hydrogens is 236 g/mol. The van der Waals surface area contributed by atoms with Gasteiger partial charge in [0.05, 0.1) is 24.1 Å². The van der Waals surface area contributed by atoms with E-state index in [-0.39, 0.29) is 0 Å². The van der Waals surface area contributed by atoms with Crippen LogP contribution >= 0.6 is 0 Å². The van der Waals surface area contributed by atoms with E-state index in [1.165, 1.54) is 0 Å². The van der Waals surface area contributed by atoms with Crippen LogP contribution in [0.15, 0.2) is 30.5 Å².